The number of hydrogen-bond donors (Lipinski definition) is 0. The minimum absolute atomic E-state index is 0.177. The Morgan fingerprint density at radius 3 is 2.94 bits per heavy atom. The first-order valence-electron chi connectivity index (χ1n) is 4.98. The Bertz CT molecular complexity index is 401. The molecule has 0 N–H and O–H groups in total. The molecule has 0 saturated heterocycles. The van der Waals surface area contributed by atoms with Gasteiger partial charge in [-0.1, -0.05) is 6.92 Å². The van der Waals surface area contributed by atoms with Gasteiger partial charge in [-0.05, 0) is 18.6 Å². The normalized spacial score (nSPS) is 14.6. The molecule has 0 unspecified atom stereocenters. The molecular formula is C11H11O5-. The Morgan fingerprint density at radius 1 is 1.50 bits per heavy atom. The SMILES string of the molecule is CC[C@H](Oc1ccc2c(c1)OCO2)C(=O)[O-]. The van der Waals surface area contributed by atoms with Crippen molar-refractivity contribution in [1.29, 1.82) is 0 Å². The number of benzene rings is 1. The first-order valence-corrected chi connectivity index (χ1v) is 4.98. The summed E-state index contributed by atoms with van der Waals surface area (Å²) in [6.07, 6.45) is -0.600. The van der Waals surface area contributed by atoms with Gasteiger partial charge in [0, 0.05) is 6.07 Å². The smallest absolute Gasteiger partial charge is 0.231 e. The number of carboxylic acid groups (broad SMARTS) is 1. The molecule has 1 atom stereocenters. The molecule has 0 fully saturated rings. The number of carbonyl (C=O) groups excluding carboxylic acids is 1. The fourth-order valence-electron chi connectivity index (χ4n) is 1.41. The van der Waals surface area contributed by atoms with Crippen molar-refractivity contribution in [3.63, 3.8) is 0 Å². The highest BCUT2D eigenvalue weighted by Crippen LogP contribution is 2.35. The van der Waals surface area contributed by atoms with Gasteiger partial charge in [-0.15, -0.1) is 0 Å². The second kappa shape index (κ2) is 4.30. The number of rotatable bonds is 4. The molecule has 0 radical (unpaired) electrons. The lowest BCUT2D eigenvalue weighted by molar-refractivity contribution is -0.313. The highest BCUT2D eigenvalue weighted by atomic mass is 16.7. The van der Waals surface area contributed by atoms with E-state index in [2.05, 4.69) is 0 Å². The molecule has 0 spiro atoms. The zero-order valence-electron chi connectivity index (χ0n) is 8.76. The van der Waals surface area contributed by atoms with E-state index in [1.54, 1.807) is 25.1 Å². The van der Waals surface area contributed by atoms with E-state index in [1.807, 2.05) is 0 Å². The summed E-state index contributed by atoms with van der Waals surface area (Å²) in [7, 11) is 0. The maximum atomic E-state index is 10.7. The van der Waals surface area contributed by atoms with Gasteiger partial charge in [0.15, 0.2) is 11.5 Å². The Labute approximate surface area is 92.5 Å². The molecule has 16 heavy (non-hydrogen) atoms. The Kier molecular flexibility index (Phi) is 2.85. The predicted molar refractivity (Wildman–Crippen MR) is 52.3 cm³/mol. The molecular weight excluding hydrogens is 212 g/mol. The average molecular weight is 223 g/mol. The second-order valence-electron chi connectivity index (χ2n) is 3.35. The fraction of sp³-hybridized carbons (Fsp3) is 0.364. The summed E-state index contributed by atoms with van der Waals surface area (Å²) in [5.41, 5.74) is 0. The lowest BCUT2D eigenvalue weighted by Crippen LogP contribution is -2.39. The first-order chi connectivity index (χ1) is 7.70. The fourth-order valence-corrected chi connectivity index (χ4v) is 1.41. The third-order valence-corrected chi connectivity index (χ3v) is 2.26. The molecule has 1 aromatic rings. The first kappa shape index (κ1) is 10.6. The van der Waals surface area contributed by atoms with Crippen LogP contribution in [-0.2, 0) is 4.79 Å². The van der Waals surface area contributed by atoms with Crippen LogP contribution in [0.5, 0.6) is 17.2 Å². The maximum absolute atomic E-state index is 10.7. The zero-order chi connectivity index (χ0) is 11.5. The van der Waals surface area contributed by atoms with Gasteiger partial charge < -0.3 is 24.1 Å². The van der Waals surface area contributed by atoms with Gasteiger partial charge in [0.2, 0.25) is 6.79 Å². The zero-order valence-corrected chi connectivity index (χ0v) is 8.76. The molecule has 1 aliphatic rings. The van der Waals surface area contributed by atoms with E-state index < -0.39 is 12.1 Å². The van der Waals surface area contributed by atoms with Crippen LogP contribution in [0, 0.1) is 0 Å². The number of carboxylic acids is 1. The number of ether oxygens (including phenoxy) is 3. The van der Waals surface area contributed by atoms with Gasteiger partial charge in [0.1, 0.15) is 11.9 Å². The Hall–Kier alpha value is -1.91. The van der Waals surface area contributed by atoms with Crippen molar-refractivity contribution < 1.29 is 24.1 Å². The van der Waals surface area contributed by atoms with Crippen molar-refractivity contribution in [1.82, 2.24) is 0 Å². The van der Waals surface area contributed by atoms with Crippen molar-refractivity contribution in [2.75, 3.05) is 6.79 Å². The van der Waals surface area contributed by atoms with E-state index in [9.17, 15) is 9.90 Å². The molecule has 0 bridgehead atoms. The van der Waals surface area contributed by atoms with Gasteiger partial charge in [-0.25, -0.2) is 0 Å². The molecule has 86 valence electrons. The average Bonchev–Trinajstić information content (AvgIpc) is 2.72. The molecule has 5 heteroatoms. The number of fused-ring (bicyclic) bond motifs is 1. The summed E-state index contributed by atoms with van der Waals surface area (Å²) in [6.45, 7) is 1.89. The van der Waals surface area contributed by atoms with Gasteiger partial charge in [-0.3, -0.25) is 0 Å². The summed E-state index contributed by atoms with van der Waals surface area (Å²) >= 11 is 0. The lowest BCUT2D eigenvalue weighted by atomic mass is 10.2. The molecule has 1 aliphatic heterocycles. The monoisotopic (exact) mass is 223 g/mol. The van der Waals surface area contributed by atoms with Gasteiger partial charge in [0.25, 0.3) is 0 Å². The number of carbonyl (C=O) groups is 1. The van der Waals surface area contributed by atoms with E-state index in [0.29, 0.717) is 23.7 Å². The quantitative estimate of drug-likeness (QED) is 0.735. The third-order valence-electron chi connectivity index (χ3n) is 2.26. The van der Waals surface area contributed by atoms with Crippen LogP contribution >= 0.6 is 0 Å². The Balaban J connectivity index is 2.13. The maximum Gasteiger partial charge on any atom is 0.231 e. The molecule has 1 aromatic carbocycles. The van der Waals surface area contributed by atoms with Gasteiger partial charge in [0.05, 0.1) is 5.97 Å². The molecule has 0 saturated carbocycles. The number of aliphatic carboxylic acids is 1. The van der Waals surface area contributed by atoms with Crippen LogP contribution in [0.4, 0.5) is 0 Å². The summed E-state index contributed by atoms with van der Waals surface area (Å²) < 4.78 is 15.5. The standard InChI is InChI=1S/C11H12O5/c1-2-8(11(12)13)16-7-3-4-9-10(5-7)15-6-14-9/h3-5,8H,2,6H2,1H3,(H,12,13)/p-1/t8-/m0/s1. The molecule has 0 aliphatic carbocycles. The summed E-state index contributed by atoms with van der Waals surface area (Å²) in [5, 5.41) is 10.7. The lowest BCUT2D eigenvalue weighted by Gasteiger charge is -2.18. The summed E-state index contributed by atoms with van der Waals surface area (Å²) in [5.74, 6) is 0.403. The molecule has 2 rings (SSSR count). The van der Waals surface area contributed by atoms with Crippen LogP contribution in [-0.4, -0.2) is 18.9 Å². The van der Waals surface area contributed by atoms with Crippen molar-refractivity contribution in [2.24, 2.45) is 0 Å². The van der Waals surface area contributed by atoms with Crippen LogP contribution in [0.1, 0.15) is 13.3 Å². The molecule has 0 amide bonds. The third kappa shape index (κ3) is 2.03. The van der Waals surface area contributed by atoms with E-state index in [-0.39, 0.29) is 6.79 Å². The van der Waals surface area contributed by atoms with Crippen molar-refractivity contribution in [3.05, 3.63) is 18.2 Å². The summed E-state index contributed by atoms with van der Waals surface area (Å²) in [4.78, 5) is 10.7. The van der Waals surface area contributed by atoms with Crippen LogP contribution in [0.15, 0.2) is 18.2 Å². The van der Waals surface area contributed by atoms with E-state index in [4.69, 9.17) is 14.2 Å². The summed E-state index contributed by atoms with van der Waals surface area (Å²) in [6, 6.07) is 4.92. The van der Waals surface area contributed by atoms with E-state index in [0.717, 1.165) is 0 Å². The van der Waals surface area contributed by atoms with Crippen molar-refractivity contribution in [3.8, 4) is 17.2 Å². The van der Waals surface area contributed by atoms with Crippen LogP contribution in [0.3, 0.4) is 0 Å². The van der Waals surface area contributed by atoms with E-state index >= 15 is 0 Å². The second-order valence-corrected chi connectivity index (χ2v) is 3.35. The van der Waals surface area contributed by atoms with Crippen molar-refractivity contribution >= 4 is 5.97 Å². The minimum atomic E-state index is -1.22. The van der Waals surface area contributed by atoms with Gasteiger partial charge >= 0.3 is 0 Å². The molecule has 1 heterocycles. The largest absolute Gasteiger partial charge is 0.546 e. The van der Waals surface area contributed by atoms with Crippen LogP contribution in [0.25, 0.3) is 0 Å². The topological polar surface area (TPSA) is 67.8 Å². The minimum Gasteiger partial charge on any atom is -0.546 e. The highest BCUT2D eigenvalue weighted by molar-refractivity contribution is 5.70. The molecule has 0 aromatic heterocycles. The van der Waals surface area contributed by atoms with Crippen molar-refractivity contribution in [2.45, 2.75) is 19.4 Å². The highest BCUT2D eigenvalue weighted by Gasteiger charge is 2.15. The predicted octanol–water partition coefficient (Wildman–Crippen LogP) is 0.323. The van der Waals surface area contributed by atoms with Crippen LogP contribution in [0.2, 0.25) is 0 Å². The van der Waals surface area contributed by atoms with Gasteiger partial charge in [-0.2, -0.15) is 0 Å². The number of hydrogen-bond acceptors (Lipinski definition) is 5. The van der Waals surface area contributed by atoms with E-state index in [1.165, 1.54) is 0 Å². The Morgan fingerprint density at radius 2 is 2.25 bits per heavy atom. The van der Waals surface area contributed by atoms with Crippen LogP contribution < -0.4 is 19.3 Å². The molecule has 5 nitrogen and oxygen atoms in total.